The fourth-order valence-electron chi connectivity index (χ4n) is 1.78. The van der Waals surface area contributed by atoms with E-state index in [4.69, 9.17) is 19.4 Å². The molecule has 0 aliphatic carbocycles. The minimum atomic E-state index is -0.115. The number of azide groups is 1. The van der Waals surface area contributed by atoms with E-state index in [2.05, 4.69) is 10.0 Å². The summed E-state index contributed by atoms with van der Waals surface area (Å²) in [4.78, 5) is 13.6. The van der Waals surface area contributed by atoms with Crippen LogP contribution in [0.5, 0.6) is 0 Å². The molecule has 104 valence electrons. The van der Waals surface area contributed by atoms with E-state index in [1.54, 1.807) is 12.1 Å². The highest BCUT2D eigenvalue weighted by Gasteiger charge is 2.23. The van der Waals surface area contributed by atoms with Gasteiger partial charge in [-0.2, -0.15) is 0 Å². The van der Waals surface area contributed by atoms with Crippen LogP contribution in [-0.4, -0.2) is 12.6 Å². The van der Waals surface area contributed by atoms with Gasteiger partial charge in [-0.1, -0.05) is 29.4 Å². The lowest BCUT2D eigenvalue weighted by Gasteiger charge is -2.05. The number of nitrogens with zero attached hydrogens (tertiary/aromatic N) is 3. The minimum Gasteiger partial charge on any atom is -0.465 e. The Hall–Kier alpha value is -2.21. The maximum Gasteiger partial charge on any atom is 0.306 e. The van der Waals surface area contributed by atoms with Gasteiger partial charge in [0.15, 0.2) is 0 Å². The zero-order valence-corrected chi connectivity index (χ0v) is 9.83. The lowest BCUT2D eigenvalue weighted by atomic mass is 9.98. The van der Waals surface area contributed by atoms with Gasteiger partial charge in [0, 0.05) is 25.7 Å². The van der Waals surface area contributed by atoms with Gasteiger partial charge in [-0.05, 0) is 17.5 Å². The van der Waals surface area contributed by atoms with Crippen molar-refractivity contribution in [2.24, 2.45) is 11.0 Å². The molecule has 1 aromatic rings. The van der Waals surface area contributed by atoms with E-state index >= 15 is 0 Å². The van der Waals surface area contributed by atoms with Crippen LogP contribution in [0, 0.1) is 5.92 Å². The molecule has 1 aliphatic rings. The molecule has 1 aliphatic heterocycles. The summed E-state index contributed by atoms with van der Waals surface area (Å²) < 4.78 is 20.9. The average Bonchev–Trinajstić information content (AvgIpc) is 2.80. The second-order valence-corrected chi connectivity index (χ2v) is 3.81. The van der Waals surface area contributed by atoms with E-state index in [1.165, 1.54) is 0 Å². The third-order valence-corrected chi connectivity index (χ3v) is 2.56. The van der Waals surface area contributed by atoms with Crippen LogP contribution >= 0.6 is 0 Å². The summed E-state index contributed by atoms with van der Waals surface area (Å²) in [6, 6.07) is 7.36. The number of ether oxygens (including phenoxy) is 1. The van der Waals surface area contributed by atoms with Crippen LogP contribution in [0.15, 0.2) is 29.4 Å². The molecule has 0 bridgehead atoms. The van der Waals surface area contributed by atoms with E-state index in [0.717, 1.165) is 12.0 Å². The Morgan fingerprint density at radius 2 is 2.00 bits per heavy atom. The van der Waals surface area contributed by atoms with Gasteiger partial charge in [0.05, 0.1) is 13.0 Å². The lowest BCUT2D eigenvalue weighted by Crippen LogP contribution is -2.03. The Morgan fingerprint density at radius 3 is 2.47 bits per heavy atom. The SMILES string of the molecule is F.FF.[N-]=[N+]=Nc1ccc(CC2COC(=O)C2)cc1. The van der Waals surface area contributed by atoms with Gasteiger partial charge in [-0.3, -0.25) is 9.50 Å². The Labute approximate surface area is 107 Å². The quantitative estimate of drug-likeness (QED) is 0.365. The van der Waals surface area contributed by atoms with Crippen LogP contribution in [0.4, 0.5) is 19.5 Å². The van der Waals surface area contributed by atoms with E-state index in [1.807, 2.05) is 12.1 Å². The van der Waals surface area contributed by atoms with Crippen LogP contribution in [0.2, 0.25) is 0 Å². The van der Waals surface area contributed by atoms with Gasteiger partial charge in [-0.25, -0.2) is 0 Å². The highest BCUT2D eigenvalue weighted by Crippen LogP contribution is 2.21. The van der Waals surface area contributed by atoms with Gasteiger partial charge >= 0.3 is 5.97 Å². The third kappa shape index (κ3) is 5.31. The van der Waals surface area contributed by atoms with Crippen LogP contribution in [0.25, 0.3) is 10.4 Å². The summed E-state index contributed by atoms with van der Waals surface area (Å²) >= 11 is 0. The number of benzene rings is 1. The molecule has 0 saturated carbocycles. The molecule has 1 saturated heterocycles. The van der Waals surface area contributed by atoms with E-state index in [9.17, 15) is 4.79 Å². The maximum absolute atomic E-state index is 10.9. The predicted octanol–water partition coefficient (Wildman–Crippen LogP) is 3.73. The van der Waals surface area contributed by atoms with Crippen LogP contribution in [-0.2, 0) is 16.0 Å². The number of carbonyl (C=O) groups excluding carboxylic acids is 1. The second kappa shape index (κ2) is 8.82. The standard InChI is InChI=1S/C11H11N3O2.F2.FH/c12-14-13-10-3-1-8(2-4-10)5-9-6-11(15)16-7-9;1-2;/h1-4,9H,5-7H2;;1H. The molecule has 0 N–H and O–H groups in total. The molecule has 1 unspecified atom stereocenters. The molecular weight excluding hydrogens is 263 g/mol. The van der Waals surface area contributed by atoms with Gasteiger partial charge in [-0.15, -0.1) is 0 Å². The molecule has 1 fully saturated rings. The van der Waals surface area contributed by atoms with Crippen molar-refractivity contribution in [2.45, 2.75) is 12.8 Å². The minimum absolute atomic E-state index is 0. The first kappa shape index (κ1) is 16.8. The average molecular weight is 275 g/mol. The first-order chi connectivity index (χ1) is 8.78. The molecule has 1 heterocycles. The van der Waals surface area contributed by atoms with E-state index in [-0.39, 0.29) is 16.6 Å². The Bertz CT molecular complexity index is 447. The number of halogens is 3. The van der Waals surface area contributed by atoms with Crippen molar-refractivity contribution >= 4 is 11.7 Å². The molecule has 19 heavy (non-hydrogen) atoms. The molecule has 5 nitrogen and oxygen atoms in total. The molecule has 0 spiro atoms. The van der Waals surface area contributed by atoms with Crippen molar-refractivity contribution in [2.75, 3.05) is 6.61 Å². The van der Waals surface area contributed by atoms with Crippen molar-refractivity contribution in [3.8, 4) is 0 Å². The maximum atomic E-state index is 10.9. The number of carbonyl (C=O) groups is 1. The summed E-state index contributed by atoms with van der Waals surface area (Å²) in [6.07, 6.45) is 1.32. The van der Waals surface area contributed by atoms with E-state index < -0.39 is 0 Å². The number of esters is 1. The van der Waals surface area contributed by atoms with Crippen LogP contribution in [0.3, 0.4) is 0 Å². The number of cyclic esters (lactones) is 1. The first-order valence-electron chi connectivity index (χ1n) is 5.22. The summed E-state index contributed by atoms with van der Waals surface area (Å²) in [5.74, 6) is 0.161. The summed E-state index contributed by atoms with van der Waals surface area (Å²) in [6.45, 7) is 0.511. The van der Waals surface area contributed by atoms with Crippen LogP contribution in [0.1, 0.15) is 12.0 Å². The van der Waals surface area contributed by atoms with Gasteiger partial charge in [0.2, 0.25) is 0 Å². The van der Waals surface area contributed by atoms with Crippen LogP contribution < -0.4 is 0 Å². The largest absolute Gasteiger partial charge is 0.465 e. The zero-order valence-electron chi connectivity index (χ0n) is 9.83. The number of rotatable bonds is 3. The lowest BCUT2D eigenvalue weighted by molar-refractivity contribution is -0.137. The third-order valence-electron chi connectivity index (χ3n) is 2.56. The molecule has 2 rings (SSSR count). The Balaban J connectivity index is 0.00000103. The van der Waals surface area contributed by atoms with Crippen molar-refractivity contribution in [1.29, 1.82) is 0 Å². The zero-order chi connectivity index (χ0) is 13.4. The summed E-state index contributed by atoms with van der Waals surface area (Å²) in [7, 11) is 0. The molecule has 0 aromatic heterocycles. The topological polar surface area (TPSA) is 75.1 Å². The van der Waals surface area contributed by atoms with Gasteiger partial charge in [0.25, 0.3) is 0 Å². The first-order valence-corrected chi connectivity index (χ1v) is 5.22. The predicted molar refractivity (Wildman–Crippen MR) is 62.7 cm³/mol. The molecule has 1 aromatic carbocycles. The molecule has 8 heteroatoms. The fraction of sp³-hybridized carbons (Fsp3) is 0.364. The summed E-state index contributed by atoms with van der Waals surface area (Å²) in [5, 5.41) is 3.49. The molecule has 0 radical (unpaired) electrons. The van der Waals surface area contributed by atoms with Gasteiger partial charge < -0.3 is 4.74 Å². The monoisotopic (exact) mass is 275 g/mol. The fourth-order valence-corrected chi connectivity index (χ4v) is 1.78. The van der Waals surface area contributed by atoms with Crippen molar-refractivity contribution < 1.29 is 23.4 Å². The highest BCUT2D eigenvalue weighted by atomic mass is 20.0. The molecule has 0 amide bonds. The number of hydrogen-bond donors (Lipinski definition) is 0. The Morgan fingerprint density at radius 1 is 1.37 bits per heavy atom. The molecule has 1 atom stereocenters. The van der Waals surface area contributed by atoms with Crippen molar-refractivity contribution in [3.05, 3.63) is 40.3 Å². The molecular formula is C11H12F3N3O2. The highest BCUT2D eigenvalue weighted by molar-refractivity contribution is 5.71. The number of hydrogen-bond acceptors (Lipinski definition) is 3. The smallest absolute Gasteiger partial charge is 0.306 e. The van der Waals surface area contributed by atoms with Gasteiger partial charge in [0.1, 0.15) is 0 Å². The normalized spacial score (nSPS) is 16.3. The van der Waals surface area contributed by atoms with Crippen molar-refractivity contribution in [3.63, 3.8) is 0 Å². The van der Waals surface area contributed by atoms with Crippen molar-refractivity contribution in [1.82, 2.24) is 0 Å². The van der Waals surface area contributed by atoms with E-state index in [0.29, 0.717) is 18.7 Å². The Kier molecular flexibility index (Phi) is 7.79. The second-order valence-electron chi connectivity index (χ2n) is 3.81. The summed E-state index contributed by atoms with van der Waals surface area (Å²) in [5.41, 5.74) is 9.98.